The van der Waals surface area contributed by atoms with Gasteiger partial charge in [0, 0.05) is 29.7 Å². The maximum atomic E-state index is 3.69. The molecule has 0 amide bonds. The van der Waals surface area contributed by atoms with E-state index in [0.717, 1.165) is 12.6 Å². The molecule has 2 nitrogen and oxygen atoms in total. The third-order valence-electron chi connectivity index (χ3n) is 4.33. The Labute approximate surface area is 115 Å². The first-order chi connectivity index (χ1) is 9.16. The van der Waals surface area contributed by atoms with E-state index in [1.54, 1.807) is 0 Å². The largest absolute Gasteiger partial charge is 0.341 e. The summed E-state index contributed by atoms with van der Waals surface area (Å²) < 4.78 is 2.50. The van der Waals surface area contributed by atoms with Crippen molar-refractivity contribution in [1.29, 1.82) is 0 Å². The van der Waals surface area contributed by atoms with Crippen LogP contribution >= 0.6 is 0 Å². The van der Waals surface area contributed by atoms with Gasteiger partial charge >= 0.3 is 0 Å². The van der Waals surface area contributed by atoms with Crippen LogP contribution in [0.4, 0.5) is 0 Å². The van der Waals surface area contributed by atoms with Crippen LogP contribution < -0.4 is 5.32 Å². The zero-order valence-electron chi connectivity index (χ0n) is 12.2. The first-order valence-corrected chi connectivity index (χ1v) is 7.49. The number of para-hydroxylation sites is 1. The molecule has 102 valence electrons. The van der Waals surface area contributed by atoms with Gasteiger partial charge in [-0.05, 0) is 45.2 Å². The zero-order chi connectivity index (χ0) is 13.4. The number of aromatic nitrogens is 1. The second kappa shape index (κ2) is 5.01. The fraction of sp³-hybridized carbons (Fsp3) is 0.529. The standard InChI is InChI=1S/C17H24N2/c1-12(2)19-16(11-18-15-8-5-9-15)10-14-7-4-6-13(3)17(14)19/h4,6-7,10,12,15,18H,5,8-9,11H2,1-3H3. The number of hydrogen-bond acceptors (Lipinski definition) is 1. The molecule has 1 fully saturated rings. The number of fused-ring (bicyclic) bond motifs is 1. The lowest BCUT2D eigenvalue weighted by atomic mass is 9.93. The third-order valence-corrected chi connectivity index (χ3v) is 4.33. The van der Waals surface area contributed by atoms with Crippen molar-refractivity contribution >= 4 is 10.9 Å². The van der Waals surface area contributed by atoms with Gasteiger partial charge in [0.2, 0.25) is 0 Å². The van der Waals surface area contributed by atoms with Crippen molar-refractivity contribution in [2.75, 3.05) is 0 Å². The van der Waals surface area contributed by atoms with E-state index in [2.05, 4.69) is 54.9 Å². The second-order valence-electron chi connectivity index (χ2n) is 6.12. The summed E-state index contributed by atoms with van der Waals surface area (Å²) in [5, 5.41) is 5.06. The summed E-state index contributed by atoms with van der Waals surface area (Å²) >= 11 is 0. The highest BCUT2D eigenvalue weighted by atomic mass is 15.0. The minimum atomic E-state index is 0.511. The number of nitrogens with one attached hydrogen (secondary N) is 1. The molecule has 1 aliphatic rings. The van der Waals surface area contributed by atoms with Crippen molar-refractivity contribution in [3.63, 3.8) is 0 Å². The highest BCUT2D eigenvalue weighted by molar-refractivity contribution is 5.84. The lowest BCUT2D eigenvalue weighted by Gasteiger charge is -2.27. The van der Waals surface area contributed by atoms with Crippen LogP contribution in [0.25, 0.3) is 10.9 Å². The van der Waals surface area contributed by atoms with Gasteiger partial charge in [-0.1, -0.05) is 24.6 Å². The summed E-state index contributed by atoms with van der Waals surface area (Å²) in [6.07, 6.45) is 4.09. The molecular weight excluding hydrogens is 232 g/mol. The van der Waals surface area contributed by atoms with Gasteiger partial charge in [-0.25, -0.2) is 0 Å². The molecule has 2 heteroatoms. The van der Waals surface area contributed by atoms with Crippen LogP contribution in [-0.2, 0) is 6.54 Å². The Hall–Kier alpha value is -1.28. The van der Waals surface area contributed by atoms with E-state index in [1.165, 1.54) is 41.4 Å². The van der Waals surface area contributed by atoms with Gasteiger partial charge in [0.05, 0.1) is 5.52 Å². The number of rotatable bonds is 4. The fourth-order valence-electron chi connectivity index (χ4n) is 3.11. The maximum absolute atomic E-state index is 3.69. The fourth-order valence-corrected chi connectivity index (χ4v) is 3.11. The number of benzene rings is 1. The minimum absolute atomic E-state index is 0.511. The van der Waals surface area contributed by atoms with Crippen molar-refractivity contribution in [3.8, 4) is 0 Å². The summed E-state index contributed by atoms with van der Waals surface area (Å²) in [4.78, 5) is 0. The van der Waals surface area contributed by atoms with E-state index >= 15 is 0 Å². The molecule has 0 radical (unpaired) electrons. The van der Waals surface area contributed by atoms with E-state index in [4.69, 9.17) is 0 Å². The van der Waals surface area contributed by atoms with E-state index in [1.807, 2.05) is 0 Å². The smallest absolute Gasteiger partial charge is 0.0515 e. The van der Waals surface area contributed by atoms with Gasteiger partial charge in [0.1, 0.15) is 0 Å². The Morgan fingerprint density at radius 2 is 2.11 bits per heavy atom. The lowest BCUT2D eigenvalue weighted by molar-refractivity contribution is 0.334. The molecule has 1 heterocycles. The SMILES string of the molecule is Cc1cccc2cc(CNC3CCC3)n(C(C)C)c12. The van der Waals surface area contributed by atoms with Crippen LogP contribution in [-0.4, -0.2) is 10.6 Å². The predicted octanol–water partition coefficient (Wildman–Crippen LogP) is 4.17. The minimum Gasteiger partial charge on any atom is -0.341 e. The first-order valence-electron chi connectivity index (χ1n) is 7.49. The molecule has 0 saturated heterocycles. The van der Waals surface area contributed by atoms with Crippen LogP contribution in [0.3, 0.4) is 0 Å². The number of hydrogen-bond donors (Lipinski definition) is 1. The van der Waals surface area contributed by atoms with Crippen molar-refractivity contribution in [1.82, 2.24) is 9.88 Å². The molecule has 1 aromatic heterocycles. The van der Waals surface area contributed by atoms with Crippen LogP contribution in [0.5, 0.6) is 0 Å². The lowest BCUT2D eigenvalue weighted by Crippen LogP contribution is -2.35. The van der Waals surface area contributed by atoms with Crippen molar-refractivity contribution < 1.29 is 0 Å². The predicted molar refractivity (Wildman–Crippen MR) is 81.5 cm³/mol. The normalized spacial score (nSPS) is 16.2. The maximum Gasteiger partial charge on any atom is 0.0515 e. The molecule has 0 bridgehead atoms. The van der Waals surface area contributed by atoms with Gasteiger partial charge in [-0.15, -0.1) is 0 Å². The summed E-state index contributed by atoms with van der Waals surface area (Å²) in [5.74, 6) is 0. The summed E-state index contributed by atoms with van der Waals surface area (Å²) in [6, 6.07) is 10.2. The Kier molecular flexibility index (Phi) is 3.36. The molecule has 0 spiro atoms. The van der Waals surface area contributed by atoms with Crippen LogP contribution in [0.15, 0.2) is 24.3 Å². The van der Waals surface area contributed by atoms with Gasteiger partial charge in [-0.2, -0.15) is 0 Å². The second-order valence-corrected chi connectivity index (χ2v) is 6.12. The van der Waals surface area contributed by atoms with E-state index in [-0.39, 0.29) is 0 Å². The molecular formula is C17H24N2. The molecule has 1 aromatic carbocycles. The average molecular weight is 256 g/mol. The van der Waals surface area contributed by atoms with Gasteiger partial charge in [-0.3, -0.25) is 0 Å². The van der Waals surface area contributed by atoms with E-state index in [0.29, 0.717) is 6.04 Å². The number of aryl methyl sites for hydroxylation is 1. The van der Waals surface area contributed by atoms with Crippen LogP contribution in [0.1, 0.15) is 50.4 Å². The molecule has 0 aliphatic heterocycles. The Morgan fingerprint density at radius 3 is 2.74 bits per heavy atom. The van der Waals surface area contributed by atoms with E-state index < -0.39 is 0 Å². The van der Waals surface area contributed by atoms with Crippen LogP contribution in [0, 0.1) is 6.92 Å². The third kappa shape index (κ3) is 2.30. The van der Waals surface area contributed by atoms with Gasteiger partial charge in [0.25, 0.3) is 0 Å². The van der Waals surface area contributed by atoms with Gasteiger partial charge < -0.3 is 9.88 Å². The molecule has 1 N–H and O–H groups in total. The Balaban J connectivity index is 1.97. The monoisotopic (exact) mass is 256 g/mol. The van der Waals surface area contributed by atoms with Crippen molar-refractivity contribution in [3.05, 3.63) is 35.5 Å². The topological polar surface area (TPSA) is 17.0 Å². The molecule has 3 rings (SSSR count). The zero-order valence-corrected chi connectivity index (χ0v) is 12.2. The molecule has 19 heavy (non-hydrogen) atoms. The molecule has 1 saturated carbocycles. The summed E-state index contributed by atoms with van der Waals surface area (Å²) in [6.45, 7) is 7.76. The summed E-state index contributed by atoms with van der Waals surface area (Å²) in [7, 11) is 0. The quantitative estimate of drug-likeness (QED) is 0.868. The molecule has 1 aliphatic carbocycles. The first kappa shape index (κ1) is 12.7. The van der Waals surface area contributed by atoms with Crippen molar-refractivity contribution in [2.24, 2.45) is 0 Å². The highest BCUT2D eigenvalue weighted by Gasteiger charge is 2.18. The highest BCUT2D eigenvalue weighted by Crippen LogP contribution is 2.27. The number of nitrogens with zero attached hydrogens (tertiary/aromatic N) is 1. The molecule has 2 aromatic rings. The Morgan fingerprint density at radius 1 is 1.32 bits per heavy atom. The van der Waals surface area contributed by atoms with E-state index in [9.17, 15) is 0 Å². The summed E-state index contributed by atoms with van der Waals surface area (Å²) in [5.41, 5.74) is 4.20. The Bertz CT molecular complexity index is 576. The average Bonchev–Trinajstić information content (AvgIpc) is 2.67. The van der Waals surface area contributed by atoms with Crippen LogP contribution in [0.2, 0.25) is 0 Å². The molecule has 0 unspecified atom stereocenters. The van der Waals surface area contributed by atoms with Crippen molar-refractivity contribution in [2.45, 2.75) is 58.7 Å². The molecule has 0 atom stereocenters. The van der Waals surface area contributed by atoms with Gasteiger partial charge in [0.15, 0.2) is 0 Å².